The first kappa shape index (κ1) is 17.0. The summed E-state index contributed by atoms with van der Waals surface area (Å²) in [5.74, 6) is -0.186. The molecule has 0 radical (unpaired) electrons. The van der Waals surface area contributed by atoms with E-state index >= 15 is 0 Å². The number of fused-ring (bicyclic) bond motifs is 3. The first-order valence-corrected chi connectivity index (χ1v) is 9.06. The van der Waals surface area contributed by atoms with E-state index in [1.54, 1.807) is 12.3 Å². The fourth-order valence-electron chi connectivity index (χ4n) is 2.73. The standard InChI is InChI=1S/C17H13N5O4S/c1-27-17-19-16-14(20-21-17)10-4-2-3-5-12(10)18-15(26-16)11-8-9(22(24)25)6-7-13(11)23/h2-8,15,18,23H,1H3/p-1/t15-/m0/s1. The van der Waals surface area contributed by atoms with Gasteiger partial charge in [-0.3, -0.25) is 10.1 Å². The molecule has 1 aromatic heterocycles. The summed E-state index contributed by atoms with van der Waals surface area (Å²) in [6.07, 6.45) is 0.839. The molecule has 136 valence electrons. The van der Waals surface area contributed by atoms with Crippen LogP contribution in [0.25, 0.3) is 11.3 Å². The van der Waals surface area contributed by atoms with Gasteiger partial charge in [-0.1, -0.05) is 41.8 Å². The molecule has 0 fully saturated rings. The molecule has 27 heavy (non-hydrogen) atoms. The Morgan fingerprint density at radius 2 is 2.04 bits per heavy atom. The zero-order valence-corrected chi connectivity index (χ0v) is 14.8. The zero-order valence-electron chi connectivity index (χ0n) is 13.9. The summed E-state index contributed by atoms with van der Waals surface area (Å²) in [6, 6.07) is 10.8. The Bertz CT molecular complexity index is 1050. The van der Waals surface area contributed by atoms with Gasteiger partial charge in [-0.15, -0.1) is 10.2 Å². The van der Waals surface area contributed by atoms with Crippen molar-refractivity contribution in [1.82, 2.24) is 15.2 Å². The number of non-ortho nitro benzene ring substituents is 1. The van der Waals surface area contributed by atoms with Gasteiger partial charge in [0, 0.05) is 28.9 Å². The summed E-state index contributed by atoms with van der Waals surface area (Å²) in [6.45, 7) is 0. The molecular weight excluding hydrogens is 370 g/mol. The van der Waals surface area contributed by atoms with Crippen molar-refractivity contribution in [3.8, 4) is 22.9 Å². The zero-order chi connectivity index (χ0) is 19.0. The lowest BCUT2D eigenvalue weighted by Gasteiger charge is -2.23. The molecule has 0 saturated carbocycles. The van der Waals surface area contributed by atoms with Gasteiger partial charge in [0.25, 0.3) is 5.69 Å². The van der Waals surface area contributed by atoms with E-state index < -0.39 is 11.2 Å². The highest BCUT2D eigenvalue weighted by atomic mass is 32.2. The van der Waals surface area contributed by atoms with Crippen LogP contribution in [0.2, 0.25) is 0 Å². The van der Waals surface area contributed by atoms with Crippen LogP contribution in [0.4, 0.5) is 11.4 Å². The number of aromatic nitrogens is 3. The van der Waals surface area contributed by atoms with Gasteiger partial charge in [-0.05, 0) is 12.3 Å². The number of nitro benzene ring substituents is 1. The number of nitro groups is 1. The van der Waals surface area contributed by atoms with E-state index in [0.717, 1.165) is 6.07 Å². The minimum atomic E-state index is -0.966. The van der Waals surface area contributed by atoms with Crippen molar-refractivity contribution in [1.29, 1.82) is 0 Å². The fourth-order valence-corrected chi connectivity index (χ4v) is 3.03. The summed E-state index contributed by atoms with van der Waals surface area (Å²) in [4.78, 5) is 14.9. The van der Waals surface area contributed by atoms with E-state index in [0.29, 0.717) is 22.1 Å². The molecule has 9 nitrogen and oxygen atoms in total. The largest absolute Gasteiger partial charge is 0.872 e. The monoisotopic (exact) mass is 382 g/mol. The SMILES string of the molecule is CSc1nnc2c(n1)O[C@@H](c1cc([N+](=O)[O-])ccc1[O-])Nc1ccccc1-2. The van der Waals surface area contributed by atoms with Crippen LogP contribution >= 0.6 is 11.8 Å². The first-order valence-electron chi connectivity index (χ1n) is 7.83. The molecule has 1 atom stereocenters. The normalized spacial score (nSPS) is 14.9. The minimum Gasteiger partial charge on any atom is -0.872 e. The second kappa shape index (κ2) is 6.72. The van der Waals surface area contributed by atoms with Gasteiger partial charge in [-0.25, -0.2) is 0 Å². The lowest BCUT2D eigenvalue weighted by atomic mass is 10.1. The molecule has 0 unspecified atom stereocenters. The Labute approximate surface area is 157 Å². The Morgan fingerprint density at radius 3 is 2.81 bits per heavy atom. The van der Waals surface area contributed by atoms with Crippen molar-refractivity contribution in [3.63, 3.8) is 0 Å². The molecule has 0 amide bonds. The van der Waals surface area contributed by atoms with Gasteiger partial charge in [0.15, 0.2) is 11.9 Å². The van der Waals surface area contributed by atoms with E-state index in [1.165, 1.54) is 23.9 Å². The molecular formula is C17H12N5O4S-. The van der Waals surface area contributed by atoms with Crippen LogP contribution < -0.4 is 15.2 Å². The molecule has 4 rings (SSSR count). The molecule has 3 aromatic rings. The van der Waals surface area contributed by atoms with Gasteiger partial charge in [0.05, 0.1) is 4.92 Å². The number of benzene rings is 2. The van der Waals surface area contributed by atoms with E-state index in [1.807, 2.05) is 18.2 Å². The molecule has 0 spiro atoms. The van der Waals surface area contributed by atoms with Crippen LogP contribution in [0.1, 0.15) is 11.8 Å². The van der Waals surface area contributed by atoms with Crippen LogP contribution in [0.5, 0.6) is 11.6 Å². The van der Waals surface area contributed by atoms with Crippen LogP contribution in [-0.4, -0.2) is 26.4 Å². The van der Waals surface area contributed by atoms with Gasteiger partial charge >= 0.3 is 0 Å². The summed E-state index contributed by atoms with van der Waals surface area (Å²) >= 11 is 1.30. The van der Waals surface area contributed by atoms with E-state index in [9.17, 15) is 15.2 Å². The summed E-state index contributed by atoms with van der Waals surface area (Å²) in [5.41, 5.74) is 1.70. The third kappa shape index (κ3) is 3.10. The molecule has 1 aliphatic heterocycles. The number of hydrogen-bond acceptors (Lipinski definition) is 9. The average Bonchev–Trinajstić information content (AvgIpc) is 2.84. The molecule has 0 saturated heterocycles. The van der Waals surface area contributed by atoms with Gasteiger partial charge in [0.1, 0.15) is 0 Å². The summed E-state index contributed by atoms with van der Waals surface area (Å²) in [5, 5.41) is 35.2. The van der Waals surface area contributed by atoms with Gasteiger partial charge in [-0.2, -0.15) is 4.98 Å². The maximum atomic E-state index is 12.4. The third-order valence-corrected chi connectivity index (χ3v) is 4.54. The highest BCUT2D eigenvalue weighted by Crippen LogP contribution is 2.40. The molecule has 0 bridgehead atoms. The second-order valence-corrected chi connectivity index (χ2v) is 6.39. The highest BCUT2D eigenvalue weighted by molar-refractivity contribution is 7.98. The maximum Gasteiger partial charge on any atom is 0.269 e. The predicted octanol–water partition coefficient (Wildman–Crippen LogP) is 2.75. The molecule has 2 heterocycles. The topological polar surface area (TPSA) is 126 Å². The van der Waals surface area contributed by atoms with Crippen molar-refractivity contribution in [2.45, 2.75) is 11.4 Å². The molecule has 1 N–H and O–H groups in total. The molecule has 2 aromatic carbocycles. The lowest BCUT2D eigenvalue weighted by Crippen LogP contribution is -2.19. The highest BCUT2D eigenvalue weighted by Gasteiger charge is 2.27. The van der Waals surface area contributed by atoms with E-state index in [-0.39, 0.29) is 22.9 Å². The van der Waals surface area contributed by atoms with E-state index in [4.69, 9.17) is 4.74 Å². The number of nitrogens with one attached hydrogen (secondary N) is 1. The molecule has 0 aliphatic carbocycles. The number of nitrogens with zero attached hydrogens (tertiary/aromatic N) is 4. The van der Waals surface area contributed by atoms with Crippen molar-refractivity contribution >= 4 is 23.1 Å². The molecule has 10 heteroatoms. The van der Waals surface area contributed by atoms with Crippen molar-refractivity contribution in [3.05, 3.63) is 58.1 Å². The summed E-state index contributed by atoms with van der Waals surface area (Å²) in [7, 11) is 0. The Balaban J connectivity index is 1.88. The van der Waals surface area contributed by atoms with Crippen molar-refractivity contribution in [2.24, 2.45) is 0 Å². The van der Waals surface area contributed by atoms with Crippen LogP contribution in [0.15, 0.2) is 47.6 Å². The van der Waals surface area contributed by atoms with Crippen LogP contribution in [0, 0.1) is 10.1 Å². The smallest absolute Gasteiger partial charge is 0.269 e. The third-order valence-electron chi connectivity index (χ3n) is 4.00. The van der Waals surface area contributed by atoms with Crippen LogP contribution in [-0.2, 0) is 0 Å². The van der Waals surface area contributed by atoms with Crippen molar-refractivity contribution in [2.75, 3.05) is 11.6 Å². The predicted molar refractivity (Wildman–Crippen MR) is 96.6 cm³/mol. The lowest BCUT2D eigenvalue weighted by molar-refractivity contribution is -0.385. The number of rotatable bonds is 3. The second-order valence-electron chi connectivity index (χ2n) is 5.62. The maximum absolute atomic E-state index is 12.4. The molecule has 1 aliphatic rings. The fraction of sp³-hybridized carbons (Fsp3) is 0.118. The van der Waals surface area contributed by atoms with Crippen LogP contribution in [0.3, 0.4) is 0 Å². The Kier molecular flexibility index (Phi) is 4.24. The van der Waals surface area contributed by atoms with Gasteiger partial charge in [0.2, 0.25) is 11.0 Å². The van der Waals surface area contributed by atoms with Crippen molar-refractivity contribution < 1.29 is 14.8 Å². The minimum absolute atomic E-state index is 0.108. The Morgan fingerprint density at radius 1 is 1.22 bits per heavy atom. The number of ether oxygens (including phenoxy) is 1. The first-order chi connectivity index (χ1) is 13.1. The average molecular weight is 382 g/mol. The number of anilines is 1. The number of hydrogen-bond donors (Lipinski definition) is 1. The number of thioether (sulfide) groups is 1. The summed E-state index contributed by atoms with van der Waals surface area (Å²) < 4.78 is 5.92. The number of para-hydroxylation sites is 1. The quantitative estimate of drug-likeness (QED) is 0.413. The Hall–Kier alpha value is -3.40. The van der Waals surface area contributed by atoms with Gasteiger partial charge < -0.3 is 15.2 Å². The van der Waals surface area contributed by atoms with E-state index in [2.05, 4.69) is 20.5 Å².